The number of alkyl halides is 20. The summed E-state index contributed by atoms with van der Waals surface area (Å²) in [6.07, 6.45) is -12.3. The van der Waals surface area contributed by atoms with Crippen LogP contribution < -0.4 is 0 Å². The summed E-state index contributed by atoms with van der Waals surface area (Å²) in [6.45, 7) is -8.32. The van der Waals surface area contributed by atoms with E-state index in [2.05, 4.69) is 0 Å². The first-order valence-corrected chi connectivity index (χ1v) is 8.10. The molecule has 2 aliphatic carbocycles. The molecule has 2 saturated carbocycles. The summed E-state index contributed by atoms with van der Waals surface area (Å²) in [6, 6.07) is 0. The van der Waals surface area contributed by atoms with Gasteiger partial charge in [0.15, 0.2) is 12.3 Å². The summed E-state index contributed by atoms with van der Waals surface area (Å²) in [5.74, 6) is -46.7. The number of rotatable bonds is 5. The van der Waals surface area contributed by atoms with Gasteiger partial charge < -0.3 is 0 Å². The van der Waals surface area contributed by atoms with Gasteiger partial charge in [-0.1, -0.05) is 0 Å². The molecule has 4 atom stereocenters. The predicted molar refractivity (Wildman–Crippen MR) is 66.3 cm³/mol. The van der Waals surface area contributed by atoms with Crippen LogP contribution in [-0.4, -0.2) is 72.1 Å². The molecule has 0 aromatic carbocycles. The van der Waals surface area contributed by atoms with Gasteiger partial charge in [-0.15, -0.1) is 0 Å². The zero-order valence-corrected chi connectivity index (χ0v) is 15.2. The SMILES string of the molecule is FCC(F)(F)[C@]1(F)[C@](F)(CF)[C@@]2(CC(F)(F)C(F)(F)F)C(F)(F)C(F)(F)C(F)(F)C(F)(F)[C@@]12F. The third-order valence-electron chi connectivity index (χ3n) is 6.19. The van der Waals surface area contributed by atoms with Crippen LogP contribution >= 0.6 is 0 Å². The quantitative estimate of drug-likeness (QED) is 0.327. The lowest BCUT2D eigenvalue weighted by atomic mass is 9.32. The third kappa shape index (κ3) is 2.23. The summed E-state index contributed by atoms with van der Waals surface area (Å²) in [5, 5.41) is 0. The van der Waals surface area contributed by atoms with Crippen molar-refractivity contribution in [3.05, 3.63) is 0 Å². The molecular weight excluding hydrogens is 548 g/mol. The van der Waals surface area contributed by atoms with Gasteiger partial charge >= 0.3 is 41.7 Å². The van der Waals surface area contributed by atoms with E-state index in [-0.39, 0.29) is 0 Å². The zero-order valence-electron chi connectivity index (χ0n) is 15.2. The first kappa shape index (κ1) is 28.8. The monoisotopic (exact) mass is 554 g/mol. The van der Waals surface area contributed by atoms with Crippen molar-refractivity contribution >= 4 is 0 Å². The minimum Gasteiger partial charge on any atom is -0.247 e. The van der Waals surface area contributed by atoms with E-state index in [0.717, 1.165) is 0 Å². The van der Waals surface area contributed by atoms with Gasteiger partial charge in [0.1, 0.15) is 12.1 Å². The molecular formula is C14H6F20. The zero-order chi connectivity index (χ0) is 27.6. The Hall–Kier alpha value is -1.40. The Morgan fingerprint density at radius 3 is 1.24 bits per heavy atom. The second-order valence-corrected chi connectivity index (χ2v) is 7.67. The molecule has 2 rings (SSSR count). The van der Waals surface area contributed by atoms with Crippen LogP contribution in [0, 0.1) is 5.41 Å². The molecule has 0 amide bonds. The molecule has 34 heavy (non-hydrogen) atoms. The average Bonchev–Trinajstić information content (AvgIpc) is 2.67. The molecule has 0 aromatic heterocycles. The maximum Gasteiger partial charge on any atom is 0.453 e. The first-order chi connectivity index (χ1) is 14.6. The average molecular weight is 554 g/mol. The molecule has 0 saturated heterocycles. The standard InChI is InChI=1S/C14H6F20/c15-2-5(17)4(1-6(18,19)14(32,33)34)8(22,9(5,23)7(20,21)3-16)11(26,27)13(30,31)12(28,29)10(4,24)25/h1-3H2/t4-,5+,8+,9-/m1/s1. The second-order valence-electron chi connectivity index (χ2n) is 7.67. The maximum atomic E-state index is 15.3. The van der Waals surface area contributed by atoms with Crippen LogP contribution in [0.4, 0.5) is 87.8 Å². The molecule has 0 aromatic rings. The van der Waals surface area contributed by atoms with Gasteiger partial charge in [0.2, 0.25) is 5.67 Å². The Labute approximate surface area is 173 Å². The van der Waals surface area contributed by atoms with Crippen molar-refractivity contribution < 1.29 is 87.8 Å². The Balaban J connectivity index is 3.23. The smallest absolute Gasteiger partial charge is 0.247 e. The molecule has 0 N–H and O–H groups in total. The lowest BCUT2D eigenvalue weighted by Gasteiger charge is -2.76. The maximum absolute atomic E-state index is 15.3. The topological polar surface area (TPSA) is 0 Å². The number of hydrogen-bond donors (Lipinski definition) is 0. The van der Waals surface area contributed by atoms with Crippen molar-refractivity contribution in [2.45, 2.75) is 65.1 Å². The number of halogens is 20. The van der Waals surface area contributed by atoms with Crippen molar-refractivity contribution in [3.63, 3.8) is 0 Å². The van der Waals surface area contributed by atoms with E-state index in [1.54, 1.807) is 0 Å². The van der Waals surface area contributed by atoms with E-state index in [0.29, 0.717) is 0 Å². The van der Waals surface area contributed by atoms with E-state index in [1.165, 1.54) is 0 Å². The van der Waals surface area contributed by atoms with Crippen molar-refractivity contribution in [2.24, 2.45) is 5.41 Å². The Morgan fingerprint density at radius 2 is 0.912 bits per heavy atom. The fraction of sp³-hybridized carbons (Fsp3) is 1.00. The van der Waals surface area contributed by atoms with Gasteiger partial charge in [0.05, 0.1) is 0 Å². The molecule has 2 aliphatic rings. The van der Waals surface area contributed by atoms with Crippen molar-refractivity contribution in [2.75, 3.05) is 13.3 Å². The summed E-state index contributed by atoms with van der Waals surface area (Å²) < 4.78 is 275. The van der Waals surface area contributed by atoms with Crippen LogP contribution in [0.2, 0.25) is 0 Å². The minimum atomic E-state index is -8.19. The predicted octanol–water partition coefficient (Wildman–Crippen LogP) is 6.83. The minimum absolute atomic E-state index is 4.05. The van der Waals surface area contributed by atoms with Gasteiger partial charge in [-0.2, -0.15) is 65.9 Å². The van der Waals surface area contributed by atoms with Crippen molar-refractivity contribution in [3.8, 4) is 0 Å². The van der Waals surface area contributed by atoms with Gasteiger partial charge in [0, 0.05) is 6.42 Å². The van der Waals surface area contributed by atoms with Crippen molar-refractivity contribution in [1.82, 2.24) is 0 Å². The van der Waals surface area contributed by atoms with E-state index >= 15 is 8.78 Å². The lowest BCUT2D eigenvalue weighted by Crippen LogP contribution is -3.04. The first-order valence-electron chi connectivity index (χ1n) is 8.10. The fourth-order valence-electron chi connectivity index (χ4n) is 4.55. The van der Waals surface area contributed by atoms with E-state index in [4.69, 9.17) is 0 Å². The highest BCUT2D eigenvalue weighted by molar-refractivity contribution is 5.50. The molecule has 202 valence electrons. The van der Waals surface area contributed by atoms with E-state index in [9.17, 15) is 79.0 Å². The molecule has 0 radical (unpaired) electrons. The normalized spacial score (nSPS) is 40.9. The van der Waals surface area contributed by atoms with Crippen LogP contribution in [-0.2, 0) is 0 Å². The third-order valence-corrected chi connectivity index (χ3v) is 6.19. The second kappa shape index (κ2) is 6.47. The highest BCUT2D eigenvalue weighted by Gasteiger charge is 3.16. The molecule has 0 heterocycles. The fourth-order valence-corrected chi connectivity index (χ4v) is 4.55. The molecule has 2 fully saturated rings. The lowest BCUT2D eigenvalue weighted by molar-refractivity contribution is -0.567. The van der Waals surface area contributed by atoms with E-state index < -0.39 is 83.9 Å². The van der Waals surface area contributed by atoms with Crippen LogP contribution in [0.1, 0.15) is 6.42 Å². The Kier molecular flexibility index (Phi) is 5.49. The van der Waals surface area contributed by atoms with Gasteiger partial charge in [-0.3, -0.25) is 0 Å². The molecule has 0 aliphatic heterocycles. The van der Waals surface area contributed by atoms with Gasteiger partial charge in [0.25, 0.3) is 5.67 Å². The van der Waals surface area contributed by atoms with Gasteiger partial charge in [-0.25, -0.2) is 22.0 Å². The summed E-state index contributed by atoms with van der Waals surface area (Å²) in [5.41, 5.74) is -29.6. The highest BCUT2D eigenvalue weighted by Crippen LogP contribution is 2.88. The molecule has 20 heteroatoms. The van der Waals surface area contributed by atoms with Crippen molar-refractivity contribution in [1.29, 1.82) is 0 Å². The van der Waals surface area contributed by atoms with Crippen LogP contribution in [0.5, 0.6) is 0 Å². The molecule has 0 nitrogen and oxygen atoms in total. The number of hydrogen-bond acceptors (Lipinski definition) is 0. The Bertz CT molecular complexity index is 843. The molecule has 0 unspecified atom stereocenters. The summed E-state index contributed by atoms with van der Waals surface area (Å²) >= 11 is 0. The number of fused-ring (bicyclic) bond motifs is 1. The van der Waals surface area contributed by atoms with Crippen LogP contribution in [0.25, 0.3) is 0 Å². The molecule has 0 bridgehead atoms. The van der Waals surface area contributed by atoms with E-state index in [1.807, 2.05) is 0 Å². The Morgan fingerprint density at radius 1 is 0.529 bits per heavy atom. The van der Waals surface area contributed by atoms with Gasteiger partial charge in [-0.05, 0) is 0 Å². The molecule has 0 spiro atoms. The summed E-state index contributed by atoms with van der Waals surface area (Å²) in [4.78, 5) is 0. The van der Waals surface area contributed by atoms with Crippen LogP contribution in [0.3, 0.4) is 0 Å². The summed E-state index contributed by atoms with van der Waals surface area (Å²) in [7, 11) is 0. The van der Waals surface area contributed by atoms with Crippen LogP contribution in [0.15, 0.2) is 0 Å². The largest absolute Gasteiger partial charge is 0.453 e. The highest BCUT2D eigenvalue weighted by atomic mass is 19.4.